The van der Waals surface area contributed by atoms with Crippen LogP contribution in [0, 0.1) is 11.3 Å². The van der Waals surface area contributed by atoms with Crippen molar-refractivity contribution in [3.05, 3.63) is 35.5 Å². The fourth-order valence-corrected chi connectivity index (χ4v) is 3.76. The van der Waals surface area contributed by atoms with E-state index in [0.717, 1.165) is 44.1 Å². The largest absolute Gasteiger partial charge is 0.357 e. The van der Waals surface area contributed by atoms with E-state index in [2.05, 4.69) is 49.7 Å². The first-order valence-electron chi connectivity index (χ1n) is 9.35. The average Bonchev–Trinajstić information content (AvgIpc) is 3.42. The van der Waals surface area contributed by atoms with Crippen LogP contribution < -0.4 is 4.90 Å². The molecule has 26 heavy (non-hydrogen) atoms. The number of aromatic nitrogens is 4. The maximum Gasteiger partial charge on any atom is 0.147 e. The molecule has 1 saturated carbocycles. The molecule has 136 valence electrons. The zero-order valence-corrected chi connectivity index (χ0v) is 15.5. The fourth-order valence-electron chi connectivity index (χ4n) is 3.76. The van der Waals surface area contributed by atoms with Crippen molar-refractivity contribution in [2.24, 2.45) is 0 Å². The molecular weight excluding hydrogens is 326 g/mol. The van der Waals surface area contributed by atoms with Gasteiger partial charge in [-0.05, 0) is 51.9 Å². The van der Waals surface area contributed by atoms with Gasteiger partial charge < -0.3 is 14.4 Å². The Kier molecular flexibility index (Phi) is 4.60. The normalized spacial score (nSPS) is 18.3. The Bertz CT molecular complexity index is 808. The summed E-state index contributed by atoms with van der Waals surface area (Å²) in [6.07, 6.45) is 6.30. The number of nitrogens with zero attached hydrogens (tertiary/aromatic N) is 7. The van der Waals surface area contributed by atoms with Gasteiger partial charge in [-0.2, -0.15) is 5.26 Å². The third kappa shape index (κ3) is 3.42. The zero-order chi connectivity index (χ0) is 18.1. The smallest absolute Gasteiger partial charge is 0.147 e. The Morgan fingerprint density at radius 1 is 1.19 bits per heavy atom. The summed E-state index contributed by atoms with van der Waals surface area (Å²) < 4.78 is 2.41. The topological polar surface area (TPSA) is 73.9 Å². The van der Waals surface area contributed by atoms with Crippen LogP contribution in [0.15, 0.2) is 18.3 Å². The quantitative estimate of drug-likeness (QED) is 0.823. The molecule has 2 aromatic rings. The van der Waals surface area contributed by atoms with Crippen molar-refractivity contribution >= 4 is 5.82 Å². The van der Waals surface area contributed by atoms with Gasteiger partial charge >= 0.3 is 0 Å². The van der Waals surface area contributed by atoms with Crippen LogP contribution in [0.3, 0.4) is 0 Å². The van der Waals surface area contributed by atoms with Crippen molar-refractivity contribution in [1.82, 2.24) is 24.6 Å². The molecule has 2 aliphatic rings. The molecule has 0 radical (unpaired) electrons. The van der Waals surface area contributed by atoms with Gasteiger partial charge in [-0.15, -0.1) is 10.2 Å². The molecule has 3 heterocycles. The first-order chi connectivity index (χ1) is 12.7. The minimum Gasteiger partial charge on any atom is -0.357 e. The number of rotatable bonds is 5. The van der Waals surface area contributed by atoms with E-state index in [1.807, 2.05) is 6.07 Å². The highest BCUT2D eigenvalue weighted by atomic mass is 15.3. The minimum atomic E-state index is 0.453. The Balaban J connectivity index is 1.48. The van der Waals surface area contributed by atoms with Crippen LogP contribution in [-0.4, -0.2) is 51.8 Å². The van der Waals surface area contributed by atoms with E-state index >= 15 is 0 Å². The molecule has 1 saturated heterocycles. The van der Waals surface area contributed by atoms with Crippen LogP contribution in [0.25, 0.3) is 0 Å². The summed E-state index contributed by atoms with van der Waals surface area (Å²) >= 11 is 0. The summed E-state index contributed by atoms with van der Waals surface area (Å²) in [5.74, 6) is 3.62. The van der Waals surface area contributed by atoms with Crippen molar-refractivity contribution in [2.75, 3.05) is 32.1 Å². The molecule has 0 N–H and O–H groups in total. The van der Waals surface area contributed by atoms with Crippen molar-refractivity contribution in [3.8, 4) is 6.07 Å². The number of hydrogen-bond acceptors (Lipinski definition) is 6. The molecule has 4 rings (SSSR count). The number of piperidine rings is 1. The Labute approximate surface area is 154 Å². The maximum atomic E-state index is 9.09. The first-order valence-corrected chi connectivity index (χ1v) is 9.35. The third-order valence-corrected chi connectivity index (χ3v) is 5.22. The van der Waals surface area contributed by atoms with Gasteiger partial charge in [0.05, 0.1) is 18.2 Å². The molecular formula is C19H25N7. The highest BCUT2D eigenvalue weighted by molar-refractivity contribution is 5.45. The van der Waals surface area contributed by atoms with Gasteiger partial charge in [-0.1, -0.05) is 0 Å². The van der Waals surface area contributed by atoms with Gasteiger partial charge in [0.25, 0.3) is 0 Å². The van der Waals surface area contributed by atoms with Crippen LogP contribution in [0.1, 0.15) is 54.9 Å². The summed E-state index contributed by atoms with van der Waals surface area (Å²) in [6, 6.07) is 6.42. The van der Waals surface area contributed by atoms with Crippen molar-refractivity contribution in [3.63, 3.8) is 0 Å². The molecule has 2 aromatic heterocycles. The predicted molar refractivity (Wildman–Crippen MR) is 98.8 cm³/mol. The molecule has 0 unspecified atom stereocenters. The monoisotopic (exact) mass is 351 g/mol. The SMILES string of the molecule is CN(C)Cc1nnc(C2CCN(c3cc(C#N)ccn3)CC2)n1C1CC1. The van der Waals surface area contributed by atoms with Gasteiger partial charge in [-0.25, -0.2) is 4.98 Å². The lowest BCUT2D eigenvalue weighted by atomic mass is 9.95. The highest BCUT2D eigenvalue weighted by Gasteiger charge is 2.33. The molecule has 7 heteroatoms. The molecule has 0 atom stereocenters. The van der Waals surface area contributed by atoms with Gasteiger partial charge in [0, 0.05) is 31.2 Å². The van der Waals surface area contributed by atoms with E-state index < -0.39 is 0 Å². The summed E-state index contributed by atoms with van der Waals surface area (Å²) in [5.41, 5.74) is 0.666. The van der Waals surface area contributed by atoms with Gasteiger partial charge in [-0.3, -0.25) is 0 Å². The molecule has 1 aliphatic carbocycles. The lowest BCUT2D eigenvalue weighted by molar-refractivity contribution is 0.376. The van der Waals surface area contributed by atoms with Gasteiger partial charge in [0.15, 0.2) is 0 Å². The Hall–Kier alpha value is -2.46. The highest BCUT2D eigenvalue weighted by Crippen LogP contribution is 2.40. The van der Waals surface area contributed by atoms with Gasteiger partial charge in [0.2, 0.25) is 0 Å². The number of nitriles is 1. The number of hydrogen-bond donors (Lipinski definition) is 0. The van der Waals surface area contributed by atoms with Crippen LogP contribution in [0.4, 0.5) is 5.82 Å². The van der Waals surface area contributed by atoms with E-state index in [9.17, 15) is 0 Å². The second-order valence-electron chi connectivity index (χ2n) is 7.59. The van der Waals surface area contributed by atoms with Crippen LogP contribution in [-0.2, 0) is 6.54 Å². The lowest BCUT2D eigenvalue weighted by Crippen LogP contribution is -2.34. The fraction of sp³-hybridized carbons (Fsp3) is 0.579. The molecule has 7 nitrogen and oxygen atoms in total. The number of anilines is 1. The summed E-state index contributed by atoms with van der Waals surface area (Å²) in [7, 11) is 4.15. The lowest BCUT2D eigenvalue weighted by Gasteiger charge is -2.32. The predicted octanol–water partition coefficient (Wildman–Crippen LogP) is 2.33. The van der Waals surface area contributed by atoms with E-state index in [4.69, 9.17) is 5.26 Å². The Morgan fingerprint density at radius 3 is 2.62 bits per heavy atom. The first kappa shape index (κ1) is 17.0. The van der Waals surface area contributed by atoms with Crippen LogP contribution >= 0.6 is 0 Å². The summed E-state index contributed by atoms with van der Waals surface area (Å²) in [4.78, 5) is 8.87. The maximum absolute atomic E-state index is 9.09. The van der Waals surface area contributed by atoms with E-state index in [-0.39, 0.29) is 0 Å². The molecule has 0 spiro atoms. The zero-order valence-electron chi connectivity index (χ0n) is 15.5. The summed E-state index contributed by atoms with van der Waals surface area (Å²) in [5, 5.41) is 18.2. The number of pyridine rings is 1. The molecule has 0 bridgehead atoms. The van der Waals surface area contributed by atoms with Gasteiger partial charge in [0.1, 0.15) is 17.5 Å². The van der Waals surface area contributed by atoms with Crippen molar-refractivity contribution < 1.29 is 0 Å². The van der Waals surface area contributed by atoms with Crippen LogP contribution in [0.2, 0.25) is 0 Å². The van der Waals surface area contributed by atoms with E-state index in [0.29, 0.717) is 17.5 Å². The molecule has 2 fully saturated rings. The standard InChI is InChI=1S/C19H25N7/c1-24(2)13-18-22-23-19(26(18)16-3-4-16)15-6-9-25(10-7-15)17-11-14(12-20)5-8-21-17/h5,8,11,15-16H,3-4,6-7,9-10,13H2,1-2H3. The third-order valence-electron chi connectivity index (χ3n) is 5.22. The minimum absolute atomic E-state index is 0.453. The van der Waals surface area contributed by atoms with E-state index in [1.54, 1.807) is 12.3 Å². The van der Waals surface area contributed by atoms with Crippen LogP contribution in [0.5, 0.6) is 0 Å². The second-order valence-corrected chi connectivity index (χ2v) is 7.59. The van der Waals surface area contributed by atoms with E-state index in [1.165, 1.54) is 18.7 Å². The molecule has 0 amide bonds. The second kappa shape index (κ2) is 7.04. The van der Waals surface area contributed by atoms with Crippen molar-refractivity contribution in [2.45, 2.75) is 44.2 Å². The van der Waals surface area contributed by atoms with Crippen molar-refractivity contribution in [1.29, 1.82) is 5.26 Å². The molecule has 1 aliphatic heterocycles. The Morgan fingerprint density at radius 2 is 1.96 bits per heavy atom. The summed E-state index contributed by atoms with van der Waals surface area (Å²) in [6.45, 7) is 2.72. The average molecular weight is 351 g/mol. The molecule has 0 aromatic carbocycles.